The topological polar surface area (TPSA) is 6.48 Å². The van der Waals surface area contributed by atoms with E-state index in [0.29, 0.717) is 12.2 Å². The van der Waals surface area contributed by atoms with Crippen molar-refractivity contribution in [2.24, 2.45) is 0 Å². The molecular formula is C23H46N2. The van der Waals surface area contributed by atoms with E-state index >= 15 is 0 Å². The van der Waals surface area contributed by atoms with Gasteiger partial charge in [0.15, 0.2) is 0 Å². The van der Waals surface area contributed by atoms with Gasteiger partial charge in [-0.15, -0.1) is 0 Å². The fourth-order valence-corrected chi connectivity index (χ4v) is 3.98. The molecule has 0 saturated heterocycles. The summed E-state index contributed by atoms with van der Waals surface area (Å²) in [5, 5.41) is 0. The van der Waals surface area contributed by atoms with E-state index < -0.39 is 0 Å². The molecule has 0 saturated carbocycles. The van der Waals surface area contributed by atoms with E-state index in [4.69, 9.17) is 0 Å². The molecule has 0 aliphatic carbocycles. The summed E-state index contributed by atoms with van der Waals surface area (Å²) in [5.41, 5.74) is 0. The Morgan fingerprint density at radius 1 is 0.680 bits per heavy atom. The normalized spacial score (nSPS) is 17.2. The van der Waals surface area contributed by atoms with Crippen molar-refractivity contribution in [3.8, 4) is 0 Å². The van der Waals surface area contributed by atoms with Crippen LogP contribution >= 0.6 is 0 Å². The van der Waals surface area contributed by atoms with Crippen molar-refractivity contribution >= 4 is 0 Å². The summed E-state index contributed by atoms with van der Waals surface area (Å²) < 4.78 is 0. The Balaban J connectivity index is 1.85. The van der Waals surface area contributed by atoms with Crippen molar-refractivity contribution in [3.63, 3.8) is 0 Å². The zero-order valence-corrected chi connectivity index (χ0v) is 17.8. The first kappa shape index (κ1) is 22.4. The van der Waals surface area contributed by atoms with E-state index in [1.165, 1.54) is 96.3 Å². The van der Waals surface area contributed by atoms with Gasteiger partial charge in [0.1, 0.15) is 6.17 Å². The lowest BCUT2D eigenvalue weighted by Crippen LogP contribution is -2.40. The molecule has 0 N–H and O–H groups in total. The van der Waals surface area contributed by atoms with Crippen LogP contribution in [0.4, 0.5) is 0 Å². The number of rotatable bonds is 16. The molecule has 0 fully saturated rings. The first-order valence-corrected chi connectivity index (χ1v) is 11.3. The van der Waals surface area contributed by atoms with Gasteiger partial charge in [-0.05, 0) is 26.7 Å². The fraction of sp³-hybridized carbons (Fsp3) is 0.913. The predicted octanol–water partition coefficient (Wildman–Crippen LogP) is 7.31. The fourth-order valence-electron chi connectivity index (χ4n) is 3.98. The number of unbranched alkanes of at least 4 members (excludes halogenated alkanes) is 13. The van der Waals surface area contributed by atoms with Crippen LogP contribution in [-0.4, -0.2) is 29.1 Å². The van der Waals surface area contributed by atoms with Crippen LogP contribution in [-0.2, 0) is 0 Å². The molecular weight excluding hydrogens is 304 g/mol. The van der Waals surface area contributed by atoms with E-state index in [9.17, 15) is 0 Å². The maximum absolute atomic E-state index is 2.50. The van der Waals surface area contributed by atoms with E-state index in [0.717, 1.165) is 0 Å². The Bertz CT molecular complexity index is 324. The van der Waals surface area contributed by atoms with Crippen LogP contribution in [0, 0.1) is 0 Å². The monoisotopic (exact) mass is 350 g/mol. The Morgan fingerprint density at radius 3 is 1.56 bits per heavy atom. The molecule has 2 nitrogen and oxygen atoms in total. The van der Waals surface area contributed by atoms with Gasteiger partial charge in [0, 0.05) is 25.5 Å². The minimum Gasteiger partial charge on any atom is -0.359 e. The highest BCUT2D eigenvalue weighted by Gasteiger charge is 2.24. The van der Waals surface area contributed by atoms with Gasteiger partial charge in [-0.25, -0.2) is 0 Å². The van der Waals surface area contributed by atoms with Gasteiger partial charge in [0.25, 0.3) is 0 Å². The second-order valence-electron chi connectivity index (χ2n) is 8.37. The second-order valence-corrected chi connectivity index (χ2v) is 8.37. The lowest BCUT2D eigenvalue weighted by molar-refractivity contribution is 0.134. The average molecular weight is 351 g/mol. The summed E-state index contributed by atoms with van der Waals surface area (Å²) in [7, 11) is 2.22. The van der Waals surface area contributed by atoms with Crippen molar-refractivity contribution in [2.45, 2.75) is 129 Å². The first-order chi connectivity index (χ1) is 12.2. The van der Waals surface area contributed by atoms with Gasteiger partial charge in [0.05, 0.1) is 0 Å². The highest BCUT2D eigenvalue weighted by molar-refractivity contribution is 4.96. The number of hydrogen-bond donors (Lipinski definition) is 0. The van der Waals surface area contributed by atoms with Crippen molar-refractivity contribution in [2.75, 3.05) is 7.05 Å². The Kier molecular flexibility index (Phi) is 13.0. The molecule has 1 rings (SSSR count). The molecule has 0 aromatic rings. The maximum atomic E-state index is 2.50. The summed E-state index contributed by atoms with van der Waals surface area (Å²) in [4.78, 5) is 4.88. The van der Waals surface area contributed by atoms with Crippen molar-refractivity contribution < 1.29 is 0 Å². The predicted molar refractivity (Wildman–Crippen MR) is 113 cm³/mol. The van der Waals surface area contributed by atoms with Crippen LogP contribution < -0.4 is 0 Å². The van der Waals surface area contributed by atoms with Crippen molar-refractivity contribution in [1.29, 1.82) is 0 Å². The summed E-state index contributed by atoms with van der Waals surface area (Å²) in [6, 6.07) is 0.609. The molecule has 1 aliphatic heterocycles. The van der Waals surface area contributed by atoms with E-state index in [-0.39, 0.29) is 0 Å². The smallest absolute Gasteiger partial charge is 0.101 e. The first-order valence-electron chi connectivity index (χ1n) is 11.3. The van der Waals surface area contributed by atoms with Crippen LogP contribution in [0.1, 0.15) is 117 Å². The largest absolute Gasteiger partial charge is 0.359 e. The van der Waals surface area contributed by atoms with Gasteiger partial charge < -0.3 is 9.80 Å². The number of hydrogen-bond acceptors (Lipinski definition) is 2. The Labute approximate surface area is 159 Å². The summed E-state index contributed by atoms with van der Waals surface area (Å²) in [5.74, 6) is 0. The van der Waals surface area contributed by atoms with Gasteiger partial charge in [0.2, 0.25) is 0 Å². The molecule has 1 unspecified atom stereocenters. The highest BCUT2D eigenvalue weighted by atomic mass is 15.4. The zero-order chi connectivity index (χ0) is 18.3. The molecule has 0 spiro atoms. The van der Waals surface area contributed by atoms with Crippen molar-refractivity contribution in [1.82, 2.24) is 9.80 Å². The quantitative estimate of drug-likeness (QED) is 0.269. The molecule has 148 valence electrons. The lowest BCUT2D eigenvalue weighted by atomic mass is 10.0. The molecule has 0 aromatic heterocycles. The van der Waals surface area contributed by atoms with Crippen LogP contribution in [0.2, 0.25) is 0 Å². The van der Waals surface area contributed by atoms with Crippen molar-refractivity contribution in [3.05, 3.63) is 12.4 Å². The third-order valence-corrected chi connectivity index (χ3v) is 5.70. The van der Waals surface area contributed by atoms with Gasteiger partial charge in [-0.1, -0.05) is 90.4 Å². The van der Waals surface area contributed by atoms with Crippen LogP contribution in [0.5, 0.6) is 0 Å². The lowest BCUT2D eigenvalue weighted by Gasteiger charge is -2.33. The van der Waals surface area contributed by atoms with Crippen LogP contribution in [0.3, 0.4) is 0 Å². The van der Waals surface area contributed by atoms with Gasteiger partial charge in [-0.2, -0.15) is 0 Å². The summed E-state index contributed by atoms with van der Waals surface area (Å²) in [6.07, 6.45) is 26.6. The van der Waals surface area contributed by atoms with Crippen LogP contribution in [0.25, 0.3) is 0 Å². The average Bonchev–Trinajstić information content (AvgIpc) is 2.96. The molecule has 0 radical (unpaired) electrons. The molecule has 0 amide bonds. The highest BCUT2D eigenvalue weighted by Crippen LogP contribution is 2.22. The molecule has 25 heavy (non-hydrogen) atoms. The molecule has 0 bridgehead atoms. The number of nitrogens with zero attached hydrogens (tertiary/aromatic N) is 2. The SMILES string of the molecule is CCCCCCCCCCCCCCCCC1N(C)C=CN1C(C)C. The zero-order valence-electron chi connectivity index (χ0n) is 17.8. The Morgan fingerprint density at radius 2 is 1.12 bits per heavy atom. The van der Waals surface area contributed by atoms with E-state index in [1.807, 2.05) is 0 Å². The minimum absolute atomic E-state index is 0.595. The summed E-state index contributed by atoms with van der Waals surface area (Å²) >= 11 is 0. The standard InChI is InChI=1S/C23H46N2/c1-5-6-7-8-9-10-11-12-13-14-15-16-17-18-19-23-24(4)20-21-25(23)22(2)3/h20-23H,5-19H2,1-4H3. The minimum atomic E-state index is 0.595. The van der Waals surface area contributed by atoms with Crippen LogP contribution in [0.15, 0.2) is 12.4 Å². The third kappa shape index (κ3) is 10.2. The maximum Gasteiger partial charge on any atom is 0.101 e. The third-order valence-electron chi connectivity index (χ3n) is 5.70. The van der Waals surface area contributed by atoms with Gasteiger partial charge in [-0.3, -0.25) is 0 Å². The molecule has 0 aromatic carbocycles. The molecule has 2 heteroatoms. The summed E-state index contributed by atoms with van der Waals surface area (Å²) in [6.45, 7) is 6.88. The second kappa shape index (κ2) is 14.5. The molecule has 1 heterocycles. The molecule has 1 atom stereocenters. The van der Waals surface area contributed by atoms with E-state index in [2.05, 4.69) is 50.0 Å². The van der Waals surface area contributed by atoms with Gasteiger partial charge >= 0.3 is 0 Å². The Hall–Kier alpha value is -0.660. The van der Waals surface area contributed by atoms with E-state index in [1.54, 1.807) is 0 Å². The molecule has 1 aliphatic rings.